The van der Waals surface area contributed by atoms with E-state index in [-0.39, 0.29) is 5.78 Å². The Balaban J connectivity index is 2.00. The molecular formula is C18H16O3. The molecule has 1 aliphatic rings. The van der Waals surface area contributed by atoms with Crippen molar-refractivity contribution in [2.45, 2.75) is 12.7 Å². The molecule has 21 heavy (non-hydrogen) atoms. The molecule has 0 amide bonds. The van der Waals surface area contributed by atoms with Gasteiger partial charge in [0.1, 0.15) is 5.76 Å². The third-order valence-electron chi connectivity index (χ3n) is 3.40. The van der Waals surface area contributed by atoms with E-state index >= 15 is 0 Å². The van der Waals surface area contributed by atoms with Gasteiger partial charge in [0.15, 0.2) is 0 Å². The zero-order valence-corrected chi connectivity index (χ0v) is 11.8. The van der Waals surface area contributed by atoms with Gasteiger partial charge in [-0.2, -0.15) is 0 Å². The Kier molecular flexibility index (Phi) is 3.59. The first-order valence-electron chi connectivity index (χ1n) is 6.96. The van der Waals surface area contributed by atoms with Gasteiger partial charge in [-0.15, -0.1) is 0 Å². The van der Waals surface area contributed by atoms with Crippen LogP contribution in [0.15, 0.2) is 66.7 Å². The van der Waals surface area contributed by atoms with Crippen LogP contribution in [0, 0.1) is 0 Å². The predicted octanol–water partition coefficient (Wildman–Crippen LogP) is 3.52. The highest BCUT2D eigenvalue weighted by Crippen LogP contribution is 2.39. The van der Waals surface area contributed by atoms with E-state index in [9.17, 15) is 4.79 Å². The van der Waals surface area contributed by atoms with Crippen LogP contribution < -0.4 is 0 Å². The molecular weight excluding hydrogens is 264 g/mol. The van der Waals surface area contributed by atoms with Gasteiger partial charge in [-0.25, -0.2) is 0 Å². The molecule has 3 nitrogen and oxygen atoms in total. The second-order valence-electron chi connectivity index (χ2n) is 4.76. The minimum Gasteiger partial charge on any atom is -0.450 e. The number of ketones is 1. The predicted molar refractivity (Wildman–Crippen MR) is 80.3 cm³/mol. The molecule has 1 unspecified atom stereocenters. The van der Waals surface area contributed by atoms with E-state index in [4.69, 9.17) is 9.47 Å². The second-order valence-corrected chi connectivity index (χ2v) is 4.76. The van der Waals surface area contributed by atoms with Gasteiger partial charge >= 0.3 is 5.79 Å². The van der Waals surface area contributed by atoms with E-state index in [0.29, 0.717) is 17.9 Å². The molecule has 0 saturated heterocycles. The summed E-state index contributed by atoms with van der Waals surface area (Å²) in [4.78, 5) is 12.5. The minimum atomic E-state index is -1.36. The van der Waals surface area contributed by atoms with Crippen molar-refractivity contribution in [3.63, 3.8) is 0 Å². The summed E-state index contributed by atoms with van der Waals surface area (Å²) in [5, 5.41) is 0. The summed E-state index contributed by atoms with van der Waals surface area (Å²) in [5.74, 6) is -1.01. The smallest absolute Gasteiger partial charge is 0.301 e. The van der Waals surface area contributed by atoms with Crippen molar-refractivity contribution < 1.29 is 14.3 Å². The topological polar surface area (TPSA) is 35.5 Å². The lowest BCUT2D eigenvalue weighted by Gasteiger charge is -2.28. The van der Waals surface area contributed by atoms with Crippen LogP contribution in [0.4, 0.5) is 0 Å². The van der Waals surface area contributed by atoms with Gasteiger partial charge in [0.2, 0.25) is 5.78 Å². The second kappa shape index (κ2) is 5.54. The first kappa shape index (κ1) is 13.6. The van der Waals surface area contributed by atoms with Crippen LogP contribution in [0.5, 0.6) is 0 Å². The minimum absolute atomic E-state index is 0.186. The molecule has 3 heteroatoms. The van der Waals surface area contributed by atoms with Crippen molar-refractivity contribution in [3.8, 4) is 0 Å². The molecule has 0 saturated carbocycles. The summed E-state index contributed by atoms with van der Waals surface area (Å²) in [5.41, 5.74) is 1.57. The highest BCUT2D eigenvalue weighted by atomic mass is 16.7. The maximum Gasteiger partial charge on any atom is 0.301 e. The summed E-state index contributed by atoms with van der Waals surface area (Å²) in [7, 11) is 0. The van der Waals surface area contributed by atoms with Crippen molar-refractivity contribution in [2.75, 3.05) is 6.61 Å². The van der Waals surface area contributed by atoms with E-state index in [0.717, 1.165) is 5.56 Å². The summed E-state index contributed by atoms with van der Waals surface area (Å²) in [6, 6.07) is 18.9. The lowest BCUT2D eigenvalue weighted by atomic mass is 10.0. The number of hydrogen-bond acceptors (Lipinski definition) is 3. The Morgan fingerprint density at radius 3 is 2.24 bits per heavy atom. The zero-order valence-electron chi connectivity index (χ0n) is 11.8. The van der Waals surface area contributed by atoms with Crippen molar-refractivity contribution in [2.24, 2.45) is 0 Å². The third-order valence-corrected chi connectivity index (χ3v) is 3.40. The van der Waals surface area contributed by atoms with Crippen molar-refractivity contribution in [1.82, 2.24) is 0 Å². The van der Waals surface area contributed by atoms with Crippen LogP contribution in [0.1, 0.15) is 18.1 Å². The molecule has 0 aliphatic carbocycles. The Morgan fingerprint density at radius 1 is 1.00 bits per heavy atom. The fourth-order valence-corrected chi connectivity index (χ4v) is 2.44. The van der Waals surface area contributed by atoms with Gasteiger partial charge in [0, 0.05) is 23.8 Å². The first-order valence-corrected chi connectivity index (χ1v) is 6.96. The molecule has 106 valence electrons. The molecule has 1 aliphatic heterocycles. The molecule has 1 heterocycles. The van der Waals surface area contributed by atoms with Gasteiger partial charge in [0.05, 0.1) is 0 Å². The fourth-order valence-electron chi connectivity index (χ4n) is 2.44. The molecule has 2 aromatic carbocycles. The van der Waals surface area contributed by atoms with Crippen LogP contribution in [0.25, 0.3) is 5.76 Å². The maximum atomic E-state index is 12.5. The summed E-state index contributed by atoms with van der Waals surface area (Å²) >= 11 is 0. The molecule has 0 spiro atoms. The van der Waals surface area contributed by atoms with E-state index in [2.05, 4.69) is 0 Å². The lowest BCUT2D eigenvalue weighted by Crippen LogP contribution is -2.36. The van der Waals surface area contributed by atoms with E-state index in [1.807, 2.05) is 67.6 Å². The Morgan fingerprint density at radius 2 is 1.62 bits per heavy atom. The summed E-state index contributed by atoms with van der Waals surface area (Å²) < 4.78 is 11.7. The van der Waals surface area contributed by atoms with Crippen molar-refractivity contribution in [1.29, 1.82) is 0 Å². The first-order chi connectivity index (χ1) is 10.3. The van der Waals surface area contributed by atoms with E-state index in [1.165, 1.54) is 6.08 Å². The van der Waals surface area contributed by atoms with Gasteiger partial charge < -0.3 is 9.47 Å². The SMILES string of the molecule is CCOC1(c2ccccc2)OC(c2ccccc2)=CC1=O. The molecule has 0 radical (unpaired) electrons. The van der Waals surface area contributed by atoms with Gasteiger partial charge in [0.25, 0.3) is 0 Å². The Bertz CT molecular complexity index is 661. The van der Waals surface area contributed by atoms with Crippen LogP contribution in [0.3, 0.4) is 0 Å². The van der Waals surface area contributed by atoms with Crippen molar-refractivity contribution in [3.05, 3.63) is 77.9 Å². The maximum absolute atomic E-state index is 12.5. The summed E-state index contributed by atoms with van der Waals surface area (Å²) in [6.45, 7) is 2.23. The monoisotopic (exact) mass is 280 g/mol. The number of hydrogen-bond donors (Lipinski definition) is 0. The van der Waals surface area contributed by atoms with Gasteiger partial charge in [-0.1, -0.05) is 60.7 Å². The highest BCUT2D eigenvalue weighted by molar-refractivity contribution is 6.04. The fraction of sp³-hybridized carbons (Fsp3) is 0.167. The molecule has 0 aromatic heterocycles. The standard InChI is InChI=1S/C18H16O3/c1-2-20-18(15-11-7-4-8-12-15)17(19)13-16(21-18)14-9-5-3-6-10-14/h3-13H,2H2,1H3. The van der Waals surface area contributed by atoms with Gasteiger partial charge in [-0.3, -0.25) is 4.79 Å². The number of rotatable bonds is 4. The molecule has 1 atom stereocenters. The summed E-state index contributed by atoms with van der Waals surface area (Å²) in [6.07, 6.45) is 1.51. The third kappa shape index (κ3) is 2.36. The number of carbonyl (C=O) groups excluding carboxylic acids is 1. The van der Waals surface area contributed by atoms with E-state index < -0.39 is 5.79 Å². The van der Waals surface area contributed by atoms with Crippen molar-refractivity contribution >= 4 is 11.5 Å². The van der Waals surface area contributed by atoms with Crippen LogP contribution >= 0.6 is 0 Å². The number of ether oxygens (including phenoxy) is 2. The number of carbonyl (C=O) groups is 1. The van der Waals surface area contributed by atoms with Crippen LogP contribution in [-0.2, 0) is 20.1 Å². The molecule has 0 bridgehead atoms. The van der Waals surface area contributed by atoms with Crippen LogP contribution in [-0.4, -0.2) is 12.4 Å². The average Bonchev–Trinajstić information content (AvgIpc) is 2.88. The molecule has 3 rings (SSSR count). The largest absolute Gasteiger partial charge is 0.450 e. The average molecular weight is 280 g/mol. The quantitative estimate of drug-likeness (QED) is 0.859. The normalized spacial score (nSPS) is 21.0. The molecule has 0 fully saturated rings. The molecule has 2 aromatic rings. The lowest BCUT2D eigenvalue weighted by molar-refractivity contribution is -0.196. The number of benzene rings is 2. The Hall–Kier alpha value is -2.39. The van der Waals surface area contributed by atoms with E-state index in [1.54, 1.807) is 0 Å². The highest BCUT2D eigenvalue weighted by Gasteiger charge is 2.47. The zero-order chi connectivity index (χ0) is 14.7. The Labute approximate surface area is 123 Å². The van der Waals surface area contributed by atoms with Gasteiger partial charge in [-0.05, 0) is 6.92 Å². The molecule has 0 N–H and O–H groups in total. The van der Waals surface area contributed by atoms with Crippen LogP contribution in [0.2, 0.25) is 0 Å².